The van der Waals surface area contributed by atoms with Crippen LogP contribution >= 0.6 is 24.0 Å². The molecule has 3 atom stereocenters. The molecule has 6 heteroatoms. The quantitative estimate of drug-likeness (QED) is 0.428. The number of ether oxygens (including phenoxy) is 2. The fraction of sp³-hybridized carbons (Fsp3) is 0.588. The van der Waals surface area contributed by atoms with E-state index in [-0.39, 0.29) is 30.1 Å². The number of halogens is 1. The maximum absolute atomic E-state index is 5.94. The van der Waals surface area contributed by atoms with Gasteiger partial charge in [-0.05, 0) is 30.9 Å². The summed E-state index contributed by atoms with van der Waals surface area (Å²) in [4.78, 5) is 4.29. The number of para-hydroxylation sites is 2. The van der Waals surface area contributed by atoms with Gasteiger partial charge in [0.1, 0.15) is 12.7 Å². The number of nitrogens with one attached hydrogen (secondary N) is 2. The molecule has 0 amide bonds. The molecule has 1 saturated carbocycles. The second-order valence-corrected chi connectivity index (χ2v) is 5.99. The minimum absolute atomic E-state index is 0. The van der Waals surface area contributed by atoms with Crippen LogP contribution in [0.25, 0.3) is 0 Å². The summed E-state index contributed by atoms with van der Waals surface area (Å²) in [6.45, 7) is 3.47. The van der Waals surface area contributed by atoms with Crippen LogP contribution in [0.2, 0.25) is 0 Å². The van der Waals surface area contributed by atoms with Gasteiger partial charge in [-0.15, -0.1) is 24.0 Å². The molecule has 1 aliphatic heterocycles. The normalized spacial score (nSPS) is 25.3. The van der Waals surface area contributed by atoms with E-state index in [1.54, 1.807) is 7.05 Å². The van der Waals surface area contributed by atoms with Gasteiger partial charge in [-0.25, -0.2) is 0 Å². The van der Waals surface area contributed by atoms with Gasteiger partial charge >= 0.3 is 0 Å². The number of hydrogen-bond donors (Lipinski definition) is 2. The molecule has 1 fully saturated rings. The van der Waals surface area contributed by atoms with Gasteiger partial charge in [-0.1, -0.05) is 25.5 Å². The Bertz CT molecular complexity index is 538. The summed E-state index contributed by atoms with van der Waals surface area (Å²) in [7, 11) is 1.81. The second kappa shape index (κ2) is 8.61. The summed E-state index contributed by atoms with van der Waals surface area (Å²) >= 11 is 0. The zero-order valence-electron chi connectivity index (χ0n) is 13.7. The van der Waals surface area contributed by atoms with Crippen molar-refractivity contribution in [3.8, 4) is 11.5 Å². The van der Waals surface area contributed by atoms with E-state index in [4.69, 9.17) is 9.47 Å². The summed E-state index contributed by atoms with van der Waals surface area (Å²) < 4.78 is 11.7. The second-order valence-electron chi connectivity index (χ2n) is 5.99. The Morgan fingerprint density at radius 2 is 2.09 bits per heavy atom. The van der Waals surface area contributed by atoms with E-state index in [0.717, 1.165) is 23.4 Å². The first-order valence-electron chi connectivity index (χ1n) is 8.15. The first-order valence-corrected chi connectivity index (χ1v) is 8.15. The van der Waals surface area contributed by atoms with Crippen LogP contribution in [0.5, 0.6) is 11.5 Å². The summed E-state index contributed by atoms with van der Waals surface area (Å²) in [6, 6.07) is 8.36. The van der Waals surface area contributed by atoms with E-state index >= 15 is 0 Å². The lowest BCUT2D eigenvalue weighted by atomic mass is 10.2. The van der Waals surface area contributed by atoms with Crippen LogP contribution in [0.4, 0.5) is 0 Å². The van der Waals surface area contributed by atoms with Crippen molar-refractivity contribution < 1.29 is 9.47 Å². The highest BCUT2D eigenvalue weighted by Crippen LogP contribution is 2.34. The molecule has 2 N–H and O–H groups in total. The first kappa shape index (κ1) is 18.2. The molecule has 3 unspecified atom stereocenters. The molecule has 3 rings (SSSR count). The monoisotopic (exact) mass is 431 g/mol. The highest BCUT2D eigenvalue weighted by atomic mass is 127. The molecular formula is C17H26IN3O2. The van der Waals surface area contributed by atoms with Gasteiger partial charge in [0.15, 0.2) is 17.5 Å². The summed E-state index contributed by atoms with van der Waals surface area (Å²) in [5.74, 6) is 3.30. The smallest absolute Gasteiger partial charge is 0.191 e. The van der Waals surface area contributed by atoms with Crippen LogP contribution in [0, 0.1) is 5.92 Å². The number of guanidine groups is 1. The van der Waals surface area contributed by atoms with Gasteiger partial charge in [0, 0.05) is 13.1 Å². The van der Waals surface area contributed by atoms with Crippen LogP contribution in [-0.2, 0) is 0 Å². The van der Waals surface area contributed by atoms with Crippen molar-refractivity contribution in [1.29, 1.82) is 0 Å². The van der Waals surface area contributed by atoms with Crippen molar-refractivity contribution >= 4 is 29.9 Å². The number of benzene rings is 1. The van der Waals surface area contributed by atoms with Gasteiger partial charge in [-0.3, -0.25) is 4.99 Å². The van der Waals surface area contributed by atoms with E-state index in [0.29, 0.717) is 19.2 Å². The summed E-state index contributed by atoms with van der Waals surface area (Å²) in [5, 5.41) is 6.81. The largest absolute Gasteiger partial charge is 0.486 e. The maximum Gasteiger partial charge on any atom is 0.191 e. The van der Waals surface area contributed by atoms with E-state index < -0.39 is 0 Å². The van der Waals surface area contributed by atoms with Crippen LogP contribution in [0.3, 0.4) is 0 Å². The highest BCUT2D eigenvalue weighted by Gasteiger charge is 2.36. The van der Waals surface area contributed by atoms with E-state index in [1.165, 1.54) is 19.3 Å². The van der Waals surface area contributed by atoms with Crippen molar-refractivity contribution in [3.63, 3.8) is 0 Å². The zero-order chi connectivity index (χ0) is 15.4. The molecule has 5 nitrogen and oxygen atoms in total. The Morgan fingerprint density at radius 3 is 2.83 bits per heavy atom. The molecule has 0 saturated heterocycles. The lowest BCUT2D eigenvalue weighted by Gasteiger charge is -2.27. The molecule has 23 heavy (non-hydrogen) atoms. The molecule has 128 valence electrons. The third-order valence-electron chi connectivity index (χ3n) is 4.19. The fourth-order valence-electron chi connectivity index (χ4n) is 2.86. The number of aliphatic imine (C=N–C) groups is 1. The molecule has 1 aliphatic carbocycles. The topological polar surface area (TPSA) is 54.9 Å². The van der Waals surface area contributed by atoms with Crippen LogP contribution in [-0.4, -0.2) is 38.3 Å². The number of rotatable bonds is 5. The van der Waals surface area contributed by atoms with Gasteiger partial charge in [0.2, 0.25) is 0 Å². The molecule has 0 aromatic heterocycles. The van der Waals surface area contributed by atoms with E-state index in [9.17, 15) is 0 Å². The lowest BCUT2D eigenvalue weighted by Crippen LogP contribution is -2.46. The van der Waals surface area contributed by atoms with Crippen LogP contribution < -0.4 is 20.1 Å². The van der Waals surface area contributed by atoms with Crippen molar-refractivity contribution in [2.75, 3.05) is 20.2 Å². The number of fused-ring (bicyclic) bond motifs is 1. The first-order chi connectivity index (χ1) is 10.8. The molecule has 1 aromatic carbocycles. The third kappa shape index (κ3) is 4.89. The minimum atomic E-state index is -0.000841. The Hall–Kier alpha value is -1.18. The van der Waals surface area contributed by atoms with Crippen molar-refractivity contribution in [1.82, 2.24) is 10.6 Å². The van der Waals surface area contributed by atoms with Gasteiger partial charge in [-0.2, -0.15) is 0 Å². The Kier molecular flexibility index (Phi) is 6.80. The number of hydrogen-bond acceptors (Lipinski definition) is 3. The lowest BCUT2D eigenvalue weighted by molar-refractivity contribution is 0.0936. The third-order valence-corrected chi connectivity index (χ3v) is 4.19. The van der Waals surface area contributed by atoms with Gasteiger partial charge in [0.05, 0.1) is 6.54 Å². The zero-order valence-corrected chi connectivity index (χ0v) is 16.1. The Morgan fingerprint density at radius 1 is 1.30 bits per heavy atom. The molecule has 0 radical (unpaired) electrons. The average Bonchev–Trinajstić information content (AvgIpc) is 3.29. The molecule has 1 aromatic rings. The Balaban J connectivity index is 0.00000192. The van der Waals surface area contributed by atoms with Crippen LogP contribution in [0.15, 0.2) is 29.3 Å². The molecule has 2 aliphatic rings. The predicted octanol–water partition coefficient (Wildman–Crippen LogP) is 2.80. The highest BCUT2D eigenvalue weighted by molar-refractivity contribution is 14.0. The minimum Gasteiger partial charge on any atom is -0.486 e. The summed E-state index contributed by atoms with van der Waals surface area (Å²) in [6.07, 6.45) is 3.80. The Labute approximate surface area is 155 Å². The van der Waals surface area contributed by atoms with Crippen LogP contribution in [0.1, 0.15) is 26.2 Å². The SMILES string of the molecule is CCCC1CC1NC(=NC)NCC1COc2ccccc2O1.I. The molecule has 1 heterocycles. The van der Waals surface area contributed by atoms with Crippen molar-refractivity contribution in [2.45, 2.75) is 38.3 Å². The molecule has 0 bridgehead atoms. The van der Waals surface area contributed by atoms with Crippen molar-refractivity contribution in [3.05, 3.63) is 24.3 Å². The predicted molar refractivity (Wildman–Crippen MR) is 103 cm³/mol. The summed E-state index contributed by atoms with van der Waals surface area (Å²) in [5.41, 5.74) is 0. The van der Waals surface area contributed by atoms with E-state index in [1.807, 2.05) is 24.3 Å². The fourth-order valence-corrected chi connectivity index (χ4v) is 2.86. The average molecular weight is 431 g/mol. The van der Waals surface area contributed by atoms with Crippen molar-refractivity contribution in [2.24, 2.45) is 10.9 Å². The molecule has 0 spiro atoms. The van der Waals surface area contributed by atoms with E-state index in [2.05, 4.69) is 22.5 Å². The van der Waals surface area contributed by atoms with Gasteiger partial charge < -0.3 is 20.1 Å². The standard InChI is InChI=1S/C17H25N3O2.HI/c1-3-6-12-9-14(12)20-17(18-2)19-10-13-11-21-15-7-4-5-8-16(15)22-13;/h4-5,7-8,12-14H,3,6,9-11H2,1-2H3,(H2,18,19,20);1H. The maximum atomic E-state index is 5.94. The molecular weight excluding hydrogens is 405 g/mol. The van der Waals surface area contributed by atoms with Gasteiger partial charge in [0.25, 0.3) is 0 Å². The number of nitrogens with zero attached hydrogens (tertiary/aromatic N) is 1.